The van der Waals surface area contributed by atoms with Crippen LogP contribution in [0.2, 0.25) is 0 Å². The fourth-order valence-electron chi connectivity index (χ4n) is 3.74. The summed E-state index contributed by atoms with van der Waals surface area (Å²) in [6.07, 6.45) is 7.77. The Hall–Kier alpha value is -1.11. The van der Waals surface area contributed by atoms with Gasteiger partial charge in [0.15, 0.2) is 0 Å². The van der Waals surface area contributed by atoms with Gasteiger partial charge in [-0.15, -0.1) is 0 Å². The molecule has 0 amide bonds. The van der Waals surface area contributed by atoms with Crippen LogP contribution in [-0.4, -0.2) is 35.9 Å². The first kappa shape index (κ1) is 15.8. The second kappa shape index (κ2) is 6.18. The Kier molecular flexibility index (Phi) is 4.43. The van der Waals surface area contributed by atoms with Crippen molar-refractivity contribution in [1.82, 2.24) is 10.2 Å². The number of nitrogens with zero attached hydrogens (tertiary/aromatic N) is 3. The van der Waals surface area contributed by atoms with Crippen LogP contribution < -0.4 is 4.90 Å². The van der Waals surface area contributed by atoms with Crippen molar-refractivity contribution in [3.8, 4) is 0 Å². The van der Waals surface area contributed by atoms with Crippen molar-refractivity contribution >= 4 is 15.9 Å². The van der Waals surface area contributed by atoms with Crippen LogP contribution >= 0.6 is 0 Å². The van der Waals surface area contributed by atoms with Gasteiger partial charge in [-0.25, -0.2) is 8.42 Å². The highest BCUT2D eigenvalue weighted by molar-refractivity contribution is 7.91. The zero-order valence-corrected chi connectivity index (χ0v) is 14.2. The molecule has 2 fully saturated rings. The van der Waals surface area contributed by atoms with Gasteiger partial charge in [0, 0.05) is 12.1 Å². The summed E-state index contributed by atoms with van der Waals surface area (Å²) in [7, 11) is -3.48. The lowest BCUT2D eigenvalue weighted by atomic mass is 9.98. The molecule has 0 spiro atoms. The minimum atomic E-state index is -3.48. The van der Waals surface area contributed by atoms with E-state index in [-0.39, 0.29) is 10.5 Å². The molecule has 1 aromatic heterocycles. The van der Waals surface area contributed by atoms with Gasteiger partial charge < -0.3 is 9.32 Å². The van der Waals surface area contributed by atoms with Crippen molar-refractivity contribution < 1.29 is 12.8 Å². The summed E-state index contributed by atoms with van der Waals surface area (Å²) < 4.78 is 30.9. The van der Waals surface area contributed by atoms with Gasteiger partial charge in [-0.05, 0) is 46.0 Å². The van der Waals surface area contributed by atoms with Gasteiger partial charge in [-0.1, -0.05) is 29.5 Å². The van der Waals surface area contributed by atoms with E-state index in [1.807, 2.05) is 0 Å². The minimum absolute atomic E-state index is 0.195. The Morgan fingerprint density at radius 3 is 2.23 bits per heavy atom. The van der Waals surface area contributed by atoms with Crippen LogP contribution in [0.3, 0.4) is 0 Å². The number of sulfone groups is 1. The van der Waals surface area contributed by atoms with Crippen LogP contribution in [0.25, 0.3) is 0 Å². The van der Waals surface area contributed by atoms with Crippen molar-refractivity contribution in [2.24, 2.45) is 0 Å². The standard InChI is InChI=1S/C15H25N3O3S/c1-11-7-6-8-12(2)18(11)14-16-17-15(21-14)22(19,20)13-9-4-3-5-10-13/h11-13H,3-10H2,1-2H3/t11-,12+. The van der Waals surface area contributed by atoms with Gasteiger partial charge >= 0.3 is 11.2 Å². The minimum Gasteiger partial charge on any atom is -0.394 e. The highest BCUT2D eigenvalue weighted by Gasteiger charge is 2.36. The molecular formula is C15H25N3O3S. The molecule has 1 aromatic rings. The van der Waals surface area contributed by atoms with E-state index in [1.165, 1.54) is 6.42 Å². The van der Waals surface area contributed by atoms with Gasteiger partial charge in [-0.2, -0.15) is 0 Å². The van der Waals surface area contributed by atoms with Gasteiger partial charge in [0.05, 0.1) is 5.25 Å². The van der Waals surface area contributed by atoms with Gasteiger partial charge in [0.2, 0.25) is 9.84 Å². The highest BCUT2D eigenvalue weighted by atomic mass is 32.2. The van der Waals surface area contributed by atoms with Crippen molar-refractivity contribution in [3.63, 3.8) is 0 Å². The predicted molar refractivity (Wildman–Crippen MR) is 83.6 cm³/mol. The average Bonchev–Trinajstić information content (AvgIpc) is 2.98. The predicted octanol–water partition coefficient (Wildman–Crippen LogP) is 2.94. The Labute approximate surface area is 132 Å². The van der Waals surface area contributed by atoms with Gasteiger partial charge in [0.1, 0.15) is 0 Å². The number of rotatable bonds is 3. The first-order valence-corrected chi connectivity index (χ1v) is 9.90. The number of anilines is 1. The largest absolute Gasteiger partial charge is 0.394 e. The monoisotopic (exact) mass is 327 g/mol. The molecule has 2 aliphatic rings. The number of aromatic nitrogens is 2. The Morgan fingerprint density at radius 2 is 1.59 bits per heavy atom. The van der Waals surface area contributed by atoms with Crippen LogP contribution in [0.5, 0.6) is 0 Å². The summed E-state index contributed by atoms with van der Waals surface area (Å²) in [5, 5.41) is 7.34. The summed E-state index contributed by atoms with van der Waals surface area (Å²) in [5.74, 6) is 0. The first-order valence-electron chi connectivity index (χ1n) is 8.36. The molecule has 1 aliphatic heterocycles. The molecule has 7 heteroatoms. The quantitative estimate of drug-likeness (QED) is 0.849. The Morgan fingerprint density at radius 1 is 0.955 bits per heavy atom. The highest BCUT2D eigenvalue weighted by Crippen LogP contribution is 2.32. The lowest BCUT2D eigenvalue weighted by molar-refractivity contribution is 0.354. The molecule has 1 aliphatic carbocycles. The van der Waals surface area contributed by atoms with Crippen molar-refractivity contribution in [3.05, 3.63) is 0 Å². The Balaban J connectivity index is 1.83. The maximum Gasteiger partial charge on any atom is 0.337 e. The molecule has 3 rings (SSSR count). The summed E-state index contributed by atoms with van der Waals surface area (Å²) in [6.45, 7) is 4.24. The number of hydrogen-bond acceptors (Lipinski definition) is 6. The molecule has 0 N–H and O–H groups in total. The second-order valence-electron chi connectivity index (χ2n) is 6.69. The zero-order chi connectivity index (χ0) is 15.7. The van der Waals surface area contributed by atoms with E-state index in [1.54, 1.807) is 0 Å². The zero-order valence-electron chi connectivity index (χ0n) is 13.4. The maximum absolute atomic E-state index is 12.6. The van der Waals surface area contributed by atoms with E-state index < -0.39 is 9.84 Å². The maximum atomic E-state index is 12.6. The van der Waals surface area contributed by atoms with Crippen LogP contribution in [0, 0.1) is 0 Å². The molecular weight excluding hydrogens is 302 g/mol. The number of piperidine rings is 1. The molecule has 1 saturated carbocycles. The van der Waals surface area contributed by atoms with E-state index in [0.29, 0.717) is 30.9 Å². The van der Waals surface area contributed by atoms with Crippen molar-refractivity contribution in [2.45, 2.75) is 87.8 Å². The van der Waals surface area contributed by atoms with Crippen molar-refractivity contribution in [2.75, 3.05) is 4.90 Å². The molecule has 0 unspecified atom stereocenters. The molecule has 0 bridgehead atoms. The summed E-state index contributed by atoms with van der Waals surface area (Å²) in [5.41, 5.74) is 0. The van der Waals surface area contributed by atoms with Crippen LogP contribution in [-0.2, 0) is 9.84 Å². The topological polar surface area (TPSA) is 76.3 Å². The molecule has 124 valence electrons. The van der Waals surface area contributed by atoms with Crippen LogP contribution in [0.1, 0.15) is 65.2 Å². The van der Waals surface area contributed by atoms with Crippen LogP contribution in [0.15, 0.2) is 9.64 Å². The molecule has 0 radical (unpaired) electrons. The normalized spacial score (nSPS) is 28.0. The summed E-state index contributed by atoms with van der Waals surface area (Å²) in [4.78, 5) is 2.07. The van der Waals surface area contributed by atoms with Gasteiger partial charge in [0.25, 0.3) is 0 Å². The van der Waals surface area contributed by atoms with E-state index in [0.717, 1.165) is 32.1 Å². The molecule has 22 heavy (non-hydrogen) atoms. The van der Waals surface area contributed by atoms with E-state index in [2.05, 4.69) is 28.9 Å². The van der Waals surface area contributed by atoms with E-state index in [9.17, 15) is 8.42 Å². The molecule has 0 aromatic carbocycles. The lowest BCUT2D eigenvalue weighted by Gasteiger charge is -2.37. The van der Waals surface area contributed by atoms with Crippen molar-refractivity contribution in [1.29, 1.82) is 0 Å². The average molecular weight is 327 g/mol. The van der Waals surface area contributed by atoms with E-state index in [4.69, 9.17) is 4.42 Å². The Bertz CT molecular complexity index is 597. The third-order valence-electron chi connectivity index (χ3n) is 5.04. The molecule has 2 atom stereocenters. The summed E-state index contributed by atoms with van der Waals surface area (Å²) in [6, 6.07) is 0.956. The fourth-order valence-corrected chi connectivity index (χ4v) is 5.32. The lowest BCUT2D eigenvalue weighted by Crippen LogP contribution is -2.44. The fraction of sp³-hybridized carbons (Fsp3) is 0.867. The third kappa shape index (κ3) is 2.87. The molecule has 1 saturated heterocycles. The third-order valence-corrected chi connectivity index (χ3v) is 7.05. The number of hydrogen-bond donors (Lipinski definition) is 0. The molecule has 2 heterocycles. The molecule has 6 nitrogen and oxygen atoms in total. The second-order valence-corrected chi connectivity index (χ2v) is 8.80. The van der Waals surface area contributed by atoms with E-state index >= 15 is 0 Å². The van der Waals surface area contributed by atoms with Crippen LogP contribution in [0.4, 0.5) is 6.01 Å². The summed E-state index contributed by atoms with van der Waals surface area (Å²) >= 11 is 0. The van der Waals surface area contributed by atoms with Gasteiger partial charge in [-0.3, -0.25) is 0 Å². The SMILES string of the molecule is C[C@@H]1CCC[C@H](C)N1c1nnc(S(=O)(=O)C2CCCCC2)o1. The first-order chi connectivity index (χ1) is 10.5. The smallest absolute Gasteiger partial charge is 0.337 e.